The predicted octanol–water partition coefficient (Wildman–Crippen LogP) is 15.2. The number of allylic oxidation sites excluding steroid dienone is 4. The Bertz CT molecular complexity index is 3840. The van der Waals surface area contributed by atoms with Gasteiger partial charge in [0.2, 0.25) is 0 Å². The largest absolute Gasteiger partial charge is 0.308 e. The highest BCUT2D eigenvalue weighted by molar-refractivity contribution is 7.25. The summed E-state index contributed by atoms with van der Waals surface area (Å²) in [5.41, 5.74) is 13.2. The first-order valence-corrected chi connectivity index (χ1v) is 22.7. The number of rotatable bonds is 7. The van der Waals surface area contributed by atoms with Crippen LogP contribution in [0.5, 0.6) is 0 Å². The highest BCUT2D eigenvalue weighted by atomic mass is 32.1. The third kappa shape index (κ3) is 6.83. The lowest BCUT2D eigenvalue weighted by molar-refractivity contribution is 0.998. The van der Waals surface area contributed by atoms with E-state index in [1.54, 1.807) is 0 Å². The summed E-state index contributed by atoms with van der Waals surface area (Å²) in [5.74, 6) is 1.73. The van der Waals surface area contributed by atoms with Crippen LogP contribution in [0.2, 0.25) is 0 Å². The minimum Gasteiger partial charge on any atom is -0.308 e. The fourth-order valence-corrected chi connectivity index (χ4v) is 10.5. The van der Waals surface area contributed by atoms with Gasteiger partial charge in [-0.3, -0.25) is 0 Å². The van der Waals surface area contributed by atoms with E-state index >= 15 is 0 Å². The highest BCUT2D eigenvalue weighted by Crippen LogP contribution is 2.42. The van der Waals surface area contributed by atoms with Gasteiger partial charge in [-0.05, 0) is 113 Å². The first-order valence-electron chi connectivity index (χ1n) is 21.9. The molecule has 0 atom stereocenters. The van der Waals surface area contributed by atoms with Crippen LogP contribution in [0.1, 0.15) is 24.0 Å². The van der Waals surface area contributed by atoms with Crippen molar-refractivity contribution in [3.8, 4) is 74.2 Å². The topological polar surface area (TPSA) is 91.2 Å². The lowest BCUT2D eigenvalue weighted by Crippen LogP contribution is -2.04. The Morgan fingerprint density at radius 3 is 1.79 bits per heavy atom. The molecular formula is C59H36N6S. The van der Waals surface area contributed by atoms with Crippen LogP contribution in [0.4, 0.5) is 0 Å². The van der Waals surface area contributed by atoms with E-state index in [1.165, 1.54) is 20.2 Å². The molecule has 0 bridgehead atoms. The second kappa shape index (κ2) is 16.1. The molecule has 0 radical (unpaired) electrons. The van der Waals surface area contributed by atoms with Crippen LogP contribution < -0.4 is 0 Å². The molecule has 6 nitrogen and oxygen atoms in total. The number of nitrogens with zero attached hydrogens (tertiary/aromatic N) is 6. The van der Waals surface area contributed by atoms with Crippen molar-refractivity contribution in [2.24, 2.45) is 0 Å². The van der Waals surface area contributed by atoms with Crippen LogP contribution in [0.3, 0.4) is 0 Å². The molecule has 0 unspecified atom stereocenters. The zero-order valence-electron chi connectivity index (χ0n) is 35.5. The minimum atomic E-state index is 0.556. The Hall–Kier alpha value is -8.75. The molecule has 11 aromatic rings. The van der Waals surface area contributed by atoms with Gasteiger partial charge in [-0.2, -0.15) is 10.5 Å². The summed E-state index contributed by atoms with van der Waals surface area (Å²) >= 11 is 1.81. The average molecular weight is 861 g/mol. The van der Waals surface area contributed by atoms with Crippen LogP contribution in [0, 0.1) is 22.7 Å². The lowest BCUT2D eigenvalue weighted by Gasteiger charge is -2.17. The molecule has 7 heteroatoms. The fourth-order valence-electron chi connectivity index (χ4n) is 9.33. The Kier molecular flexibility index (Phi) is 9.49. The molecule has 66 heavy (non-hydrogen) atoms. The van der Waals surface area contributed by atoms with Gasteiger partial charge in [0, 0.05) is 53.2 Å². The van der Waals surface area contributed by atoms with Crippen molar-refractivity contribution in [1.82, 2.24) is 19.5 Å². The van der Waals surface area contributed by atoms with Gasteiger partial charge in [0.15, 0.2) is 17.5 Å². The van der Waals surface area contributed by atoms with Crippen LogP contribution in [-0.4, -0.2) is 19.5 Å². The predicted molar refractivity (Wildman–Crippen MR) is 270 cm³/mol. The maximum atomic E-state index is 9.84. The maximum absolute atomic E-state index is 9.84. The summed E-state index contributed by atoms with van der Waals surface area (Å²) in [6, 6.07) is 67.8. The van der Waals surface area contributed by atoms with Gasteiger partial charge in [0.1, 0.15) is 0 Å². The normalized spacial score (nSPS) is 12.6. The molecule has 0 amide bonds. The molecule has 0 saturated heterocycles. The van der Waals surface area contributed by atoms with Crippen molar-refractivity contribution in [3.05, 3.63) is 211 Å². The Morgan fingerprint density at radius 1 is 0.455 bits per heavy atom. The molecule has 0 fully saturated rings. The van der Waals surface area contributed by atoms with Crippen molar-refractivity contribution >= 4 is 58.9 Å². The minimum absolute atomic E-state index is 0.556. The second-order valence-electron chi connectivity index (χ2n) is 16.6. The summed E-state index contributed by atoms with van der Waals surface area (Å²) < 4.78 is 4.83. The Balaban J connectivity index is 1.13. The van der Waals surface area contributed by atoms with Gasteiger partial charge in [0.25, 0.3) is 0 Å². The van der Waals surface area contributed by atoms with Crippen molar-refractivity contribution < 1.29 is 0 Å². The first-order chi connectivity index (χ1) is 32.6. The summed E-state index contributed by atoms with van der Waals surface area (Å²) in [6.45, 7) is 0. The highest BCUT2D eigenvalue weighted by Gasteiger charge is 2.22. The van der Waals surface area contributed by atoms with E-state index in [2.05, 4.69) is 126 Å². The van der Waals surface area contributed by atoms with E-state index in [4.69, 9.17) is 15.0 Å². The van der Waals surface area contributed by atoms with Crippen molar-refractivity contribution in [1.29, 1.82) is 10.5 Å². The first kappa shape index (κ1) is 38.9. The summed E-state index contributed by atoms with van der Waals surface area (Å²) in [5, 5.41) is 24.3. The van der Waals surface area contributed by atoms with Crippen LogP contribution in [0.25, 0.3) is 110 Å². The smallest absolute Gasteiger partial charge is 0.166 e. The average Bonchev–Trinajstić information content (AvgIpc) is 3.93. The number of fused-ring (bicyclic) bond motifs is 6. The molecule has 0 spiro atoms. The van der Waals surface area contributed by atoms with Crippen molar-refractivity contribution in [2.75, 3.05) is 0 Å². The molecule has 0 saturated carbocycles. The Labute approximate surface area is 385 Å². The molecule has 0 N–H and O–H groups in total. The molecule has 3 aromatic heterocycles. The number of hydrogen-bond acceptors (Lipinski definition) is 6. The molecule has 1 aliphatic carbocycles. The van der Waals surface area contributed by atoms with E-state index in [9.17, 15) is 10.5 Å². The van der Waals surface area contributed by atoms with Crippen LogP contribution >= 0.6 is 11.3 Å². The maximum Gasteiger partial charge on any atom is 0.166 e. The van der Waals surface area contributed by atoms with E-state index in [1.807, 2.05) is 96.3 Å². The molecule has 3 heterocycles. The zero-order valence-corrected chi connectivity index (χ0v) is 36.3. The number of benzene rings is 8. The SMILES string of the molecule is N#CC1=CC(c2ccc3c(c2)c2cc(-c4cccc(C#N)c4)ccc2n3-c2ccc(-c3ccc4c(c3)sc3ccccc34)cc2-c2nc(-c3ccccc3)nc(-c3ccccc3)n2)=CCC1. The van der Waals surface area contributed by atoms with E-state index < -0.39 is 0 Å². The lowest BCUT2D eigenvalue weighted by atomic mass is 9.94. The third-order valence-corrected chi connectivity index (χ3v) is 13.7. The fraction of sp³-hybridized carbons (Fsp3) is 0.0339. The number of aromatic nitrogens is 4. The van der Waals surface area contributed by atoms with E-state index in [0.717, 1.165) is 96.0 Å². The third-order valence-electron chi connectivity index (χ3n) is 12.6. The van der Waals surface area contributed by atoms with Gasteiger partial charge < -0.3 is 4.57 Å². The number of thiophene rings is 1. The molecule has 12 rings (SSSR count). The standard InChI is InChI=1S/C59H36N6S/c60-35-37-11-9-17-41(29-37)43-22-26-52-49(31-43)50-32-44(42-18-10-12-38(30-42)36-61)23-27-53(50)65(52)54-28-24-45(46-21-25-48-47-19-7-8-20-55(47)66-56(48)34-46)33-51(54)59-63-57(39-13-3-1-4-14-39)62-58(64-59)40-15-5-2-6-16-40/h1-9,11,13-34H,10,12H2. The molecule has 8 aromatic carbocycles. The number of hydrogen-bond donors (Lipinski definition) is 0. The van der Waals surface area contributed by atoms with Crippen LogP contribution in [-0.2, 0) is 0 Å². The molecule has 0 aliphatic heterocycles. The van der Waals surface area contributed by atoms with Gasteiger partial charge in [0.05, 0.1) is 34.4 Å². The second-order valence-corrected chi connectivity index (χ2v) is 17.6. The monoisotopic (exact) mass is 860 g/mol. The molecule has 1 aliphatic rings. The summed E-state index contributed by atoms with van der Waals surface area (Å²) in [4.78, 5) is 15.7. The van der Waals surface area contributed by atoms with Gasteiger partial charge in [-0.25, -0.2) is 15.0 Å². The molecule has 308 valence electrons. The molecular weight excluding hydrogens is 825 g/mol. The zero-order chi connectivity index (χ0) is 44.1. The summed E-state index contributed by atoms with van der Waals surface area (Å²) in [7, 11) is 0. The van der Waals surface area contributed by atoms with E-state index in [0.29, 0.717) is 23.0 Å². The van der Waals surface area contributed by atoms with Gasteiger partial charge in [-0.1, -0.05) is 127 Å². The van der Waals surface area contributed by atoms with Crippen molar-refractivity contribution in [2.45, 2.75) is 12.8 Å². The quantitative estimate of drug-likeness (QED) is 0.159. The summed E-state index contributed by atoms with van der Waals surface area (Å²) in [6.07, 6.45) is 5.81. The van der Waals surface area contributed by atoms with Crippen molar-refractivity contribution in [3.63, 3.8) is 0 Å². The number of nitriles is 2. The van der Waals surface area contributed by atoms with Gasteiger partial charge in [-0.15, -0.1) is 11.3 Å². The van der Waals surface area contributed by atoms with Gasteiger partial charge >= 0.3 is 0 Å². The van der Waals surface area contributed by atoms with E-state index in [-0.39, 0.29) is 0 Å². The van der Waals surface area contributed by atoms with Crippen LogP contribution in [0.15, 0.2) is 200 Å². The Morgan fingerprint density at radius 2 is 1.05 bits per heavy atom.